The average Bonchev–Trinajstić information content (AvgIpc) is 3.60. The maximum atomic E-state index is 5.14. The van der Waals surface area contributed by atoms with Gasteiger partial charge in [-0.05, 0) is 128 Å². The van der Waals surface area contributed by atoms with Crippen molar-refractivity contribution >= 4 is 38.9 Å². The smallest absolute Gasteiger partial charge is 0.160 e. The largest absolute Gasteiger partial charge is 0.310 e. The van der Waals surface area contributed by atoms with Crippen molar-refractivity contribution in [3.8, 4) is 50.7 Å². The van der Waals surface area contributed by atoms with Crippen LogP contribution >= 0.6 is 0 Å². The molecule has 0 atom stereocenters. The highest BCUT2D eigenvalue weighted by Gasteiger charge is 2.20. The van der Waals surface area contributed by atoms with Crippen LogP contribution in [0.25, 0.3) is 72.5 Å². The van der Waals surface area contributed by atoms with Crippen LogP contribution in [0, 0.1) is 27.7 Å². The first kappa shape index (κ1) is 36.8. The molecule has 0 N–H and O–H groups in total. The fraction of sp³-hybridized carbons (Fsp3) is 0.0714. The summed E-state index contributed by atoms with van der Waals surface area (Å²) in [5.41, 5.74) is 19.1. The predicted molar refractivity (Wildman–Crippen MR) is 252 cm³/mol. The molecule has 0 spiro atoms. The molecule has 0 radical (unpaired) electrons. The Morgan fingerprint density at radius 3 is 1.55 bits per heavy atom. The summed E-state index contributed by atoms with van der Waals surface area (Å²) in [5.74, 6) is 0.737. The van der Waals surface area contributed by atoms with E-state index < -0.39 is 0 Å². The Kier molecular flexibility index (Phi) is 9.38. The molecule has 0 aliphatic carbocycles. The van der Waals surface area contributed by atoms with E-state index in [0.29, 0.717) is 0 Å². The second-order valence-electron chi connectivity index (χ2n) is 15.7. The molecule has 60 heavy (non-hydrogen) atoms. The molecule has 4 nitrogen and oxygen atoms in total. The number of hydrogen-bond donors (Lipinski definition) is 0. The third kappa shape index (κ3) is 6.62. The Balaban J connectivity index is 1.04. The number of hydrogen-bond acceptors (Lipinski definition) is 3. The summed E-state index contributed by atoms with van der Waals surface area (Å²) in [5, 5.41) is 2.45. The van der Waals surface area contributed by atoms with E-state index in [4.69, 9.17) is 9.97 Å². The van der Waals surface area contributed by atoms with Crippen LogP contribution in [-0.2, 0) is 0 Å². The van der Waals surface area contributed by atoms with Crippen molar-refractivity contribution in [3.05, 3.63) is 216 Å². The Morgan fingerprint density at radius 1 is 0.367 bits per heavy atom. The van der Waals surface area contributed by atoms with Gasteiger partial charge in [0.25, 0.3) is 0 Å². The summed E-state index contributed by atoms with van der Waals surface area (Å²) >= 11 is 0. The third-order valence-electron chi connectivity index (χ3n) is 11.7. The molecule has 288 valence electrons. The zero-order valence-corrected chi connectivity index (χ0v) is 34.3. The summed E-state index contributed by atoms with van der Waals surface area (Å²) in [6.45, 7) is 8.73. The molecule has 0 unspecified atom stereocenters. The van der Waals surface area contributed by atoms with Crippen molar-refractivity contribution < 1.29 is 0 Å². The lowest BCUT2D eigenvalue weighted by molar-refractivity contribution is 1.12. The van der Waals surface area contributed by atoms with Crippen molar-refractivity contribution in [1.82, 2.24) is 14.5 Å². The van der Waals surface area contributed by atoms with Gasteiger partial charge in [-0.1, -0.05) is 127 Å². The van der Waals surface area contributed by atoms with Gasteiger partial charge < -0.3 is 9.47 Å². The Morgan fingerprint density at radius 2 is 0.900 bits per heavy atom. The van der Waals surface area contributed by atoms with Gasteiger partial charge >= 0.3 is 0 Å². The highest BCUT2D eigenvalue weighted by atomic mass is 15.1. The van der Waals surface area contributed by atoms with Gasteiger partial charge in [-0.2, -0.15) is 0 Å². The van der Waals surface area contributed by atoms with Gasteiger partial charge in [0.15, 0.2) is 5.82 Å². The first-order chi connectivity index (χ1) is 29.4. The molecule has 0 aliphatic rings. The fourth-order valence-electron chi connectivity index (χ4n) is 8.79. The highest BCUT2D eigenvalue weighted by molar-refractivity contribution is 6.11. The number of anilines is 3. The maximum Gasteiger partial charge on any atom is 0.160 e. The van der Waals surface area contributed by atoms with E-state index in [0.717, 1.165) is 62.1 Å². The summed E-state index contributed by atoms with van der Waals surface area (Å²) in [6.07, 6.45) is 0. The van der Waals surface area contributed by atoms with Gasteiger partial charge in [-0.15, -0.1) is 0 Å². The molecule has 0 fully saturated rings. The zero-order valence-electron chi connectivity index (χ0n) is 34.3. The molecule has 0 saturated carbocycles. The Bertz CT molecular complexity index is 3050. The van der Waals surface area contributed by atoms with Crippen LogP contribution < -0.4 is 4.90 Å². The molecule has 0 aliphatic heterocycles. The van der Waals surface area contributed by atoms with E-state index in [2.05, 4.69) is 231 Å². The average molecular weight is 773 g/mol. The van der Waals surface area contributed by atoms with Crippen molar-refractivity contribution in [2.45, 2.75) is 27.7 Å². The number of para-hydroxylation sites is 3. The van der Waals surface area contributed by atoms with Crippen LogP contribution in [-0.4, -0.2) is 14.5 Å². The van der Waals surface area contributed by atoms with E-state index in [1.54, 1.807) is 0 Å². The number of aromatic nitrogens is 3. The van der Waals surface area contributed by atoms with Crippen LogP contribution in [0.5, 0.6) is 0 Å². The van der Waals surface area contributed by atoms with Gasteiger partial charge in [0.1, 0.15) is 0 Å². The normalized spacial score (nSPS) is 11.3. The summed E-state index contributed by atoms with van der Waals surface area (Å²) in [4.78, 5) is 12.6. The molecule has 0 bridgehead atoms. The SMILES string of the molecule is Cc1ccccc1-c1cc(-c2ccc(-c3cc(C)c(-n4c5ccccc5c5cc(N(c6ccccc6)c6ccccc6)ccc54)c(C)c3)cc2)nc(-c2ccccc2C)n1. The number of nitrogens with zero attached hydrogens (tertiary/aromatic N) is 4. The topological polar surface area (TPSA) is 34.0 Å². The Hall–Kier alpha value is -7.56. The molecule has 8 aromatic carbocycles. The highest BCUT2D eigenvalue weighted by Crippen LogP contribution is 2.41. The predicted octanol–water partition coefficient (Wildman–Crippen LogP) is 14.9. The van der Waals surface area contributed by atoms with E-state index in [-0.39, 0.29) is 0 Å². The second-order valence-corrected chi connectivity index (χ2v) is 15.7. The second kappa shape index (κ2) is 15.3. The van der Waals surface area contributed by atoms with Gasteiger partial charge in [0, 0.05) is 44.5 Å². The number of fused-ring (bicyclic) bond motifs is 3. The zero-order chi connectivity index (χ0) is 40.7. The summed E-state index contributed by atoms with van der Waals surface area (Å²) < 4.78 is 2.45. The molecular weight excluding hydrogens is 729 g/mol. The van der Waals surface area contributed by atoms with E-state index in [9.17, 15) is 0 Å². The van der Waals surface area contributed by atoms with E-state index >= 15 is 0 Å². The summed E-state index contributed by atoms with van der Waals surface area (Å²) in [6, 6.07) is 69.3. The quantitative estimate of drug-likeness (QED) is 0.154. The minimum Gasteiger partial charge on any atom is -0.310 e. The molecule has 0 amide bonds. The standard InChI is InChI=1S/C56H44N4/c1-37-17-11-13-23-47(37)52-36-51(57-56(58-52)48-24-14-12-18-38(48)2)42-29-27-41(28-30-42)43-33-39(3)55(40(4)34-43)60-53-26-16-15-25-49(53)50-35-46(31-32-54(50)60)59(44-19-7-5-8-20-44)45-21-9-6-10-22-45/h5-36H,1-4H3. The first-order valence-corrected chi connectivity index (χ1v) is 20.6. The number of rotatable bonds is 8. The van der Waals surface area contributed by atoms with E-state index in [1.165, 1.54) is 49.7 Å². The lowest BCUT2D eigenvalue weighted by atomic mass is 9.97. The first-order valence-electron chi connectivity index (χ1n) is 20.6. The minimum atomic E-state index is 0.737. The monoisotopic (exact) mass is 772 g/mol. The van der Waals surface area contributed by atoms with Crippen LogP contribution in [0.2, 0.25) is 0 Å². The fourth-order valence-corrected chi connectivity index (χ4v) is 8.79. The molecule has 4 heteroatoms. The van der Waals surface area contributed by atoms with Gasteiger partial charge in [-0.3, -0.25) is 0 Å². The van der Waals surface area contributed by atoms with Crippen molar-refractivity contribution in [2.24, 2.45) is 0 Å². The molecule has 2 heterocycles. The molecule has 2 aromatic heterocycles. The van der Waals surface area contributed by atoms with Crippen LogP contribution in [0.4, 0.5) is 17.1 Å². The molecule has 10 aromatic rings. The molecule has 10 rings (SSSR count). The van der Waals surface area contributed by atoms with Crippen molar-refractivity contribution in [3.63, 3.8) is 0 Å². The van der Waals surface area contributed by atoms with Gasteiger partial charge in [0.2, 0.25) is 0 Å². The van der Waals surface area contributed by atoms with E-state index in [1.807, 2.05) is 0 Å². The third-order valence-corrected chi connectivity index (χ3v) is 11.7. The number of aryl methyl sites for hydroxylation is 4. The lowest BCUT2D eigenvalue weighted by Crippen LogP contribution is -2.09. The molecular formula is C56H44N4. The Labute approximate surface area is 351 Å². The minimum absolute atomic E-state index is 0.737. The van der Waals surface area contributed by atoms with Gasteiger partial charge in [0.05, 0.1) is 28.1 Å². The van der Waals surface area contributed by atoms with Crippen LogP contribution in [0.3, 0.4) is 0 Å². The molecule has 0 saturated heterocycles. The maximum absolute atomic E-state index is 5.14. The lowest BCUT2D eigenvalue weighted by Gasteiger charge is -2.25. The van der Waals surface area contributed by atoms with Crippen molar-refractivity contribution in [1.29, 1.82) is 0 Å². The van der Waals surface area contributed by atoms with Crippen LogP contribution in [0.15, 0.2) is 194 Å². The van der Waals surface area contributed by atoms with Gasteiger partial charge in [-0.25, -0.2) is 9.97 Å². The van der Waals surface area contributed by atoms with Crippen molar-refractivity contribution in [2.75, 3.05) is 4.90 Å². The van der Waals surface area contributed by atoms with Crippen LogP contribution in [0.1, 0.15) is 22.3 Å². The number of benzene rings is 8. The summed E-state index contributed by atoms with van der Waals surface area (Å²) in [7, 11) is 0.